The van der Waals surface area contributed by atoms with E-state index in [1.807, 2.05) is 0 Å². The molecule has 3 N–H and O–H groups in total. The first kappa shape index (κ1) is 13.4. The maximum atomic E-state index is 12.0. The summed E-state index contributed by atoms with van der Waals surface area (Å²) >= 11 is 0. The average molecular weight is 300 g/mol. The van der Waals surface area contributed by atoms with E-state index in [1.165, 1.54) is 30.9 Å². The number of nitrogens with zero attached hydrogens (tertiary/aromatic N) is 4. The van der Waals surface area contributed by atoms with E-state index in [0.717, 1.165) is 0 Å². The number of nitrogens with one attached hydrogen (secondary N) is 2. The van der Waals surface area contributed by atoms with Crippen molar-refractivity contribution in [2.75, 3.05) is 0 Å². The molecule has 0 spiro atoms. The molecule has 0 radical (unpaired) electrons. The fraction of sp³-hybridized carbons (Fsp3) is 0. The van der Waals surface area contributed by atoms with E-state index in [4.69, 9.17) is 4.74 Å². The second-order valence-electron chi connectivity index (χ2n) is 4.06. The number of hydrogen-bond donors (Lipinski definition) is 3. The zero-order valence-electron chi connectivity index (χ0n) is 10.8. The number of rotatable bonds is 4. The molecular formula is C12H8N6O4. The van der Waals surface area contributed by atoms with Gasteiger partial charge in [0.05, 0.1) is 11.1 Å². The van der Waals surface area contributed by atoms with Gasteiger partial charge in [-0.05, 0) is 12.1 Å². The molecular weight excluding hydrogens is 292 g/mol. The van der Waals surface area contributed by atoms with E-state index >= 15 is 0 Å². The van der Waals surface area contributed by atoms with Gasteiger partial charge in [0, 0.05) is 5.56 Å². The number of H-pyrrole nitrogens is 2. The van der Waals surface area contributed by atoms with E-state index in [9.17, 15) is 14.7 Å². The number of carbonyl (C=O) groups is 2. The zero-order valence-corrected chi connectivity index (χ0v) is 10.8. The molecule has 0 aliphatic heterocycles. The number of hydrogen-bond acceptors (Lipinski definition) is 7. The van der Waals surface area contributed by atoms with Gasteiger partial charge in [0.2, 0.25) is 0 Å². The van der Waals surface area contributed by atoms with E-state index in [2.05, 4.69) is 30.4 Å². The molecule has 0 saturated heterocycles. The summed E-state index contributed by atoms with van der Waals surface area (Å²) < 4.78 is 4.87. The van der Waals surface area contributed by atoms with E-state index < -0.39 is 11.9 Å². The van der Waals surface area contributed by atoms with Crippen LogP contribution in [0.3, 0.4) is 0 Å². The third kappa shape index (κ3) is 2.52. The Hall–Kier alpha value is -3.56. The van der Waals surface area contributed by atoms with Crippen molar-refractivity contribution >= 4 is 11.9 Å². The molecule has 10 heteroatoms. The van der Waals surface area contributed by atoms with Crippen molar-refractivity contribution in [3.63, 3.8) is 0 Å². The van der Waals surface area contributed by atoms with Gasteiger partial charge in [-0.25, -0.2) is 14.6 Å². The first-order chi connectivity index (χ1) is 10.6. The van der Waals surface area contributed by atoms with Crippen molar-refractivity contribution in [2.45, 2.75) is 0 Å². The molecule has 0 amide bonds. The van der Waals surface area contributed by atoms with Crippen LogP contribution in [0.1, 0.15) is 20.7 Å². The summed E-state index contributed by atoms with van der Waals surface area (Å²) in [6, 6.07) is 3.94. The number of carboxylic acids is 1. The molecule has 2 heterocycles. The molecule has 0 atom stereocenters. The van der Waals surface area contributed by atoms with Gasteiger partial charge in [-0.15, -0.1) is 5.10 Å². The van der Waals surface area contributed by atoms with Crippen molar-refractivity contribution in [1.29, 1.82) is 0 Å². The highest BCUT2D eigenvalue weighted by Gasteiger charge is 2.21. The highest BCUT2D eigenvalue weighted by molar-refractivity contribution is 6.03. The third-order valence-corrected chi connectivity index (χ3v) is 2.72. The number of ether oxygens (including phenoxy) is 1. The summed E-state index contributed by atoms with van der Waals surface area (Å²) in [7, 11) is 0. The largest absolute Gasteiger partial charge is 0.478 e. The monoisotopic (exact) mass is 300 g/mol. The summed E-state index contributed by atoms with van der Waals surface area (Å²) in [6.45, 7) is 0. The molecule has 0 aliphatic rings. The zero-order chi connectivity index (χ0) is 15.5. The topological polar surface area (TPSA) is 147 Å². The fourth-order valence-electron chi connectivity index (χ4n) is 1.77. The Balaban J connectivity index is 1.97. The summed E-state index contributed by atoms with van der Waals surface area (Å²) in [5.74, 6) is -1.84. The van der Waals surface area contributed by atoms with Gasteiger partial charge in [-0.1, -0.05) is 6.07 Å². The Labute approximate surface area is 122 Å². The molecule has 3 rings (SSSR count). The number of aromatic amines is 2. The van der Waals surface area contributed by atoms with Crippen LogP contribution in [0.2, 0.25) is 0 Å². The number of aromatic nitrogens is 6. The van der Waals surface area contributed by atoms with Gasteiger partial charge in [0.25, 0.3) is 0 Å². The minimum Gasteiger partial charge on any atom is -0.478 e. The van der Waals surface area contributed by atoms with Gasteiger partial charge in [-0.3, -0.25) is 10.2 Å². The van der Waals surface area contributed by atoms with Crippen LogP contribution in [0.15, 0.2) is 30.9 Å². The standard InChI is InChI=1S/C12H8N6O4/c19-10(20)8-3-6(9-13-4-15-17-9)1-2-7(8)11(21)22-12-14-5-16-18-12/h1-5H,(H,19,20)(H,13,15,17)(H,14,16,18). The third-order valence-electron chi connectivity index (χ3n) is 2.72. The van der Waals surface area contributed by atoms with Gasteiger partial charge in [-0.2, -0.15) is 10.1 Å². The van der Waals surface area contributed by atoms with Crippen LogP contribution >= 0.6 is 0 Å². The van der Waals surface area contributed by atoms with Crippen molar-refractivity contribution in [3.05, 3.63) is 42.0 Å². The van der Waals surface area contributed by atoms with Crippen LogP contribution in [-0.2, 0) is 0 Å². The van der Waals surface area contributed by atoms with Crippen LogP contribution in [0.25, 0.3) is 11.4 Å². The second-order valence-corrected chi connectivity index (χ2v) is 4.06. The Morgan fingerprint density at radius 3 is 2.45 bits per heavy atom. The van der Waals surface area contributed by atoms with Gasteiger partial charge < -0.3 is 9.84 Å². The smallest absolute Gasteiger partial charge is 0.346 e. The Kier molecular flexibility index (Phi) is 3.32. The molecule has 22 heavy (non-hydrogen) atoms. The number of carboxylic acid groups (broad SMARTS) is 1. The predicted octanol–water partition coefficient (Wildman–Crippen LogP) is 0.507. The lowest BCUT2D eigenvalue weighted by molar-refractivity contribution is 0.0662. The molecule has 3 aromatic rings. The van der Waals surface area contributed by atoms with Crippen LogP contribution < -0.4 is 4.74 Å². The molecule has 0 unspecified atom stereocenters. The van der Waals surface area contributed by atoms with Crippen molar-refractivity contribution < 1.29 is 19.4 Å². The van der Waals surface area contributed by atoms with Crippen LogP contribution in [0.5, 0.6) is 6.01 Å². The normalized spacial score (nSPS) is 10.4. The van der Waals surface area contributed by atoms with Crippen LogP contribution in [0.4, 0.5) is 0 Å². The molecule has 1 aromatic carbocycles. The maximum absolute atomic E-state index is 12.0. The SMILES string of the molecule is O=C(O)c1cc(-c2nc[nH]n2)ccc1C(=O)Oc1nc[nH]n1. The Morgan fingerprint density at radius 2 is 1.82 bits per heavy atom. The lowest BCUT2D eigenvalue weighted by Crippen LogP contribution is -2.15. The highest BCUT2D eigenvalue weighted by Crippen LogP contribution is 2.20. The quantitative estimate of drug-likeness (QED) is 0.590. The number of benzene rings is 1. The minimum absolute atomic E-state index is 0.128. The van der Waals surface area contributed by atoms with Crippen molar-refractivity contribution in [3.8, 4) is 17.4 Å². The summed E-state index contributed by atoms with van der Waals surface area (Å²) in [5.41, 5.74) is 0.0903. The first-order valence-corrected chi connectivity index (χ1v) is 5.96. The predicted molar refractivity (Wildman–Crippen MR) is 70.1 cm³/mol. The van der Waals surface area contributed by atoms with Gasteiger partial charge in [0.15, 0.2) is 5.82 Å². The molecule has 0 bridgehead atoms. The van der Waals surface area contributed by atoms with Gasteiger partial charge >= 0.3 is 17.9 Å². The first-order valence-electron chi connectivity index (χ1n) is 5.96. The fourth-order valence-corrected chi connectivity index (χ4v) is 1.77. The molecule has 0 fully saturated rings. The van der Waals surface area contributed by atoms with E-state index in [0.29, 0.717) is 11.4 Å². The van der Waals surface area contributed by atoms with Crippen molar-refractivity contribution in [1.82, 2.24) is 30.4 Å². The van der Waals surface area contributed by atoms with Gasteiger partial charge in [0.1, 0.15) is 12.7 Å². The highest BCUT2D eigenvalue weighted by atomic mass is 16.5. The number of aromatic carboxylic acids is 1. The molecule has 0 aliphatic carbocycles. The summed E-state index contributed by atoms with van der Waals surface area (Å²) in [5, 5.41) is 21.6. The summed E-state index contributed by atoms with van der Waals surface area (Å²) in [4.78, 5) is 30.9. The second kappa shape index (κ2) is 5.44. The van der Waals surface area contributed by atoms with Crippen molar-refractivity contribution in [2.24, 2.45) is 0 Å². The number of carbonyl (C=O) groups excluding carboxylic acids is 1. The molecule has 10 nitrogen and oxygen atoms in total. The molecule has 0 saturated carbocycles. The maximum Gasteiger partial charge on any atom is 0.346 e. The Bertz CT molecular complexity index is 812. The Morgan fingerprint density at radius 1 is 1.05 bits per heavy atom. The molecule has 110 valence electrons. The average Bonchev–Trinajstić information content (AvgIpc) is 3.19. The summed E-state index contributed by atoms with van der Waals surface area (Å²) in [6.07, 6.45) is 2.59. The van der Waals surface area contributed by atoms with Crippen LogP contribution in [0, 0.1) is 0 Å². The lowest BCUT2D eigenvalue weighted by atomic mass is 10.0. The van der Waals surface area contributed by atoms with E-state index in [-0.39, 0.29) is 17.1 Å². The van der Waals surface area contributed by atoms with Crippen LogP contribution in [-0.4, -0.2) is 47.4 Å². The molecule has 2 aromatic heterocycles. The number of esters is 1. The lowest BCUT2D eigenvalue weighted by Gasteiger charge is -2.06. The van der Waals surface area contributed by atoms with E-state index in [1.54, 1.807) is 0 Å². The minimum atomic E-state index is -1.28.